The Kier molecular flexibility index (Phi) is 5.18. The van der Waals surface area contributed by atoms with E-state index in [1.807, 2.05) is 10.9 Å². The SMILES string of the molecule is CCCn1cc(C(NCC)c2c(C)cc(C)cc2C)cn1. The van der Waals surface area contributed by atoms with E-state index in [2.05, 4.69) is 63.4 Å². The lowest BCUT2D eigenvalue weighted by atomic mass is 9.91. The summed E-state index contributed by atoms with van der Waals surface area (Å²) in [6.07, 6.45) is 5.28. The lowest BCUT2D eigenvalue weighted by molar-refractivity contribution is 0.596. The summed E-state index contributed by atoms with van der Waals surface area (Å²) >= 11 is 0. The minimum absolute atomic E-state index is 0.223. The van der Waals surface area contributed by atoms with E-state index < -0.39 is 0 Å². The van der Waals surface area contributed by atoms with Gasteiger partial charge in [-0.05, 0) is 50.4 Å². The van der Waals surface area contributed by atoms with Gasteiger partial charge in [-0.2, -0.15) is 5.10 Å². The van der Waals surface area contributed by atoms with Gasteiger partial charge in [0.2, 0.25) is 0 Å². The Bertz CT molecular complexity index is 575. The van der Waals surface area contributed by atoms with Gasteiger partial charge in [-0.1, -0.05) is 31.5 Å². The Morgan fingerprint density at radius 1 is 1.14 bits per heavy atom. The van der Waals surface area contributed by atoms with Gasteiger partial charge in [0.1, 0.15) is 0 Å². The molecule has 0 aliphatic heterocycles. The molecule has 3 heteroatoms. The van der Waals surface area contributed by atoms with Crippen molar-refractivity contribution >= 4 is 0 Å². The highest BCUT2D eigenvalue weighted by molar-refractivity contribution is 5.43. The molecule has 0 radical (unpaired) electrons. The van der Waals surface area contributed by atoms with Crippen LogP contribution in [0.5, 0.6) is 0 Å². The second-order valence-corrected chi connectivity index (χ2v) is 5.84. The predicted molar refractivity (Wildman–Crippen MR) is 88.7 cm³/mol. The molecule has 1 N–H and O–H groups in total. The second-order valence-electron chi connectivity index (χ2n) is 5.84. The zero-order valence-electron chi connectivity index (χ0n) is 13.9. The molecule has 0 bridgehead atoms. The number of aryl methyl sites for hydroxylation is 4. The van der Waals surface area contributed by atoms with Crippen molar-refractivity contribution in [2.45, 2.75) is 53.6 Å². The maximum Gasteiger partial charge on any atom is 0.0613 e. The maximum absolute atomic E-state index is 4.49. The van der Waals surface area contributed by atoms with Crippen LogP contribution in [0.4, 0.5) is 0 Å². The average molecular weight is 285 g/mol. The third kappa shape index (κ3) is 3.53. The molecule has 0 saturated carbocycles. The quantitative estimate of drug-likeness (QED) is 0.872. The molecule has 0 saturated heterocycles. The van der Waals surface area contributed by atoms with Gasteiger partial charge in [-0.3, -0.25) is 4.68 Å². The molecule has 2 aromatic rings. The summed E-state index contributed by atoms with van der Waals surface area (Å²) in [4.78, 5) is 0. The van der Waals surface area contributed by atoms with Crippen LogP contribution < -0.4 is 5.32 Å². The highest BCUT2D eigenvalue weighted by Crippen LogP contribution is 2.28. The molecule has 21 heavy (non-hydrogen) atoms. The molecule has 0 spiro atoms. The van der Waals surface area contributed by atoms with Crippen LogP contribution in [0.2, 0.25) is 0 Å². The van der Waals surface area contributed by atoms with Crippen molar-refractivity contribution in [2.75, 3.05) is 6.54 Å². The smallest absolute Gasteiger partial charge is 0.0613 e. The molecular formula is C18H27N3. The predicted octanol–water partition coefficient (Wildman–Crippen LogP) is 3.92. The Balaban J connectivity index is 2.43. The zero-order chi connectivity index (χ0) is 15.4. The van der Waals surface area contributed by atoms with Gasteiger partial charge in [0.25, 0.3) is 0 Å². The van der Waals surface area contributed by atoms with Crippen LogP contribution in [-0.4, -0.2) is 16.3 Å². The standard InChI is InChI=1S/C18H27N3/c1-6-8-21-12-16(11-20-21)18(19-7-2)17-14(4)9-13(3)10-15(17)5/h9-12,18-19H,6-8H2,1-5H3. The van der Waals surface area contributed by atoms with E-state index in [9.17, 15) is 0 Å². The van der Waals surface area contributed by atoms with E-state index in [1.165, 1.54) is 27.8 Å². The Morgan fingerprint density at radius 3 is 2.38 bits per heavy atom. The molecule has 1 heterocycles. The minimum Gasteiger partial charge on any atom is -0.306 e. The van der Waals surface area contributed by atoms with Crippen molar-refractivity contribution in [1.82, 2.24) is 15.1 Å². The molecule has 2 rings (SSSR count). The van der Waals surface area contributed by atoms with Gasteiger partial charge in [0, 0.05) is 18.3 Å². The molecule has 0 aliphatic carbocycles. The van der Waals surface area contributed by atoms with E-state index in [0.29, 0.717) is 0 Å². The van der Waals surface area contributed by atoms with E-state index >= 15 is 0 Å². The van der Waals surface area contributed by atoms with Crippen molar-refractivity contribution < 1.29 is 0 Å². The zero-order valence-corrected chi connectivity index (χ0v) is 13.9. The minimum atomic E-state index is 0.223. The first-order valence-corrected chi connectivity index (χ1v) is 7.90. The van der Waals surface area contributed by atoms with Crippen LogP contribution >= 0.6 is 0 Å². The molecule has 1 aromatic carbocycles. The number of aromatic nitrogens is 2. The summed E-state index contributed by atoms with van der Waals surface area (Å²) in [7, 11) is 0. The summed E-state index contributed by atoms with van der Waals surface area (Å²) in [5.74, 6) is 0. The summed E-state index contributed by atoms with van der Waals surface area (Å²) in [6.45, 7) is 12.8. The number of rotatable bonds is 6. The van der Waals surface area contributed by atoms with Crippen LogP contribution in [0.25, 0.3) is 0 Å². The number of nitrogens with one attached hydrogen (secondary N) is 1. The number of hydrogen-bond acceptors (Lipinski definition) is 2. The molecule has 1 atom stereocenters. The lowest BCUT2D eigenvalue weighted by Gasteiger charge is -2.22. The summed E-state index contributed by atoms with van der Waals surface area (Å²) < 4.78 is 2.04. The second kappa shape index (κ2) is 6.90. The molecule has 3 nitrogen and oxygen atoms in total. The number of hydrogen-bond donors (Lipinski definition) is 1. The molecule has 0 fully saturated rings. The fourth-order valence-electron chi connectivity index (χ4n) is 3.12. The van der Waals surface area contributed by atoms with Gasteiger partial charge >= 0.3 is 0 Å². The summed E-state index contributed by atoms with van der Waals surface area (Å²) in [6, 6.07) is 4.76. The van der Waals surface area contributed by atoms with Crippen LogP contribution in [-0.2, 0) is 6.54 Å². The van der Waals surface area contributed by atoms with E-state index in [4.69, 9.17) is 0 Å². The molecule has 1 unspecified atom stereocenters. The van der Waals surface area contributed by atoms with Crippen LogP contribution in [0.15, 0.2) is 24.5 Å². The van der Waals surface area contributed by atoms with Gasteiger partial charge in [0.05, 0.1) is 12.2 Å². The monoisotopic (exact) mass is 285 g/mol. The topological polar surface area (TPSA) is 29.9 Å². The molecule has 0 amide bonds. The van der Waals surface area contributed by atoms with E-state index in [1.54, 1.807) is 0 Å². The van der Waals surface area contributed by atoms with Crippen molar-refractivity contribution in [3.05, 3.63) is 52.3 Å². The van der Waals surface area contributed by atoms with Crippen molar-refractivity contribution in [2.24, 2.45) is 0 Å². The first-order valence-electron chi connectivity index (χ1n) is 7.90. The Hall–Kier alpha value is -1.61. The third-order valence-electron chi connectivity index (χ3n) is 3.87. The van der Waals surface area contributed by atoms with Crippen molar-refractivity contribution in [3.8, 4) is 0 Å². The first-order chi connectivity index (χ1) is 10.1. The largest absolute Gasteiger partial charge is 0.306 e. The number of benzene rings is 1. The van der Waals surface area contributed by atoms with Crippen LogP contribution in [0.3, 0.4) is 0 Å². The maximum atomic E-state index is 4.49. The normalized spacial score (nSPS) is 12.6. The molecule has 0 aliphatic rings. The summed E-state index contributed by atoms with van der Waals surface area (Å²) in [5, 5.41) is 8.11. The highest BCUT2D eigenvalue weighted by Gasteiger charge is 2.19. The first kappa shape index (κ1) is 15.8. The molecule has 114 valence electrons. The lowest BCUT2D eigenvalue weighted by Crippen LogP contribution is -2.23. The Morgan fingerprint density at radius 2 is 1.81 bits per heavy atom. The van der Waals surface area contributed by atoms with Gasteiger partial charge in [0.15, 0.2) is 0 Å². The highest BCUT2D eigenvalue weighted by atomic mass is 15.3. The molecule has 1 aromatic heterocycles. The summed E-state index contributed by atoms with van der Waals surface area (Å²) in [5.41, 5.74) is 6.66. The van der Waals surface area contributed by atoms with E-state index in [-0.39, 0.29) is 6.04 Å². The fourth-order valence-corrected chi connectivity index (χ4v) is 3.12. The van der Waals surface area contributed by atoms with Gasteiger partial charge in [-0.25, -0.2) is 0 Å². The third-order valence-corrected chi connectivity index (χ3v) is 3.87. The van der Waals surface area contributed by atoms with E-state index in [0.717, 1.165) is 19.5 Å². The van der Waals surface area contributed by atoms with Gasteiger partial charge < -0.3 is 5.32 Å². The fraction of sp³-hybridized carbons (Fsp3) is 0.500. The van der Waals surface area contributed by atoms with Crippen molar-refractivity contribution in [1.29, 1.82) is 0 Å². The van der Waals surface area contributed by atoms with Crippen LogP contribution in [0.1, 0.15) is 54.1 Å². The van der Waals surface area contributed by atoms with Gasteiger partial charge in [-0.15, -0.1) is 0 Å². The van der Waals surface area contributed by atoms with Crippen LogP contribution in [0, 0.1) is 20.8 Å². The average Bonchev–Trinajstić information content (AvgIpc) is 2.85. The number of nitrogens with zero attached hydrogens (tertiary/aromatic N) is 2. The molecular weight excluding hydrogens is 258 g/mol. The van der Waals surface area contributed by atoms with Crippen molar-refractivity contribution in [3.63, 3.8) is 0 Å². The Labute approximate surface area is 128 Å².